The van der Waals surface area contributed by atoms with E-state index in [0.717, 1.165) is 38.0 Å². The Labute approximate surface area is 136 Å². The van der Waals surface area contributed by atoms with Crippen LogP contribution in [0.25, 0.3) is 0 Å². The molecule has 5 atom stereocenters. The van der Waals surface area contributed by atoms with Gasteiger partial charge >= 0.3 is 0 Å². The van der Waals surface area contributed by atoms with E-state index in [1.54, 1.807) is 13.2 Å². The second-order valence-electron chi connectivity index (χ2n) is 7.71. The molecule has 2 aliphatic heterocycles. The third-order valence-electron chi connectivity index (χ3n) is 6.95. The van der Waals surface area contributed by atoms with Crippen LogP contribution in [0.3, 0.4) is 0 Å². The van der Waals surface area contributed by atoms with E-state index in [9.17, 15) is 5.11 Å². The number of likely N-dealkylation sites (N-methyl/N-ethyl adjacent to an activating group) is 1. The number of benzene rings is 1. The van der Waals surface area contributed by atoms with Crippen LogP contribution in [0.4, 0.5) is 0 Å². The van der Waals surface area contributed by atoms with Crippen molar-refractivity contribution < 1.29 is 14.6 Å². The maximum Gasteiger partial charge on any atom is 0.165 e. The zero-order valence-electron chi connectivity index (χ0n) is 13.7. The molecule has 1 aromatic rings. The molecular weight excluding hydrogens is 292 g/mol. The quantitative estimate of drug-likeness (QED) is 0.820. The monoisotopic (exact) mass is 316 g/mol. The molecule has 2 heterocycles. The molecule has 5 rings (SSSR count). The van der Waals surface area contributed by atoms with Crippen LogP contribution in [0.1, 0.15) is 30.4 Å². The Morgan fingerprint density at radius 1 is 1.43 bits per heavy atom. The van der Waals surface area contributed by atoms with Gasteiger partial charge in [0.25, 0.3) is 0 Å². The van der Waals surface area contributed by atoms with Crippen LogP contribution in [0.2, 0.25) is 0 Å². The van der Waals surface area contributed by atoms with Crippen molar-refractivity contribution in [1.29, 1.82) is 0 Å². The Morgan fingerprint density at radius 3 is 3.04 bits per heavy atom. The Balaban J connectivity index is 1.83. The maximum absolute atomic E-state index is 10.5. The van der Waals surface area contributed by atoms with Gasteiger partial charge in [-0.1, -0.05) is 0 Å². The van der Waals surface area contributed by atoms with Crippen LogP contribution < -0.4 is 15.2 Å². The van der Waals surface area contributed by atoms with Gasteiger partial charge in [0.2, 0.25) is 0 Å². The molecule has 124 valence electrons. The predicted molar refractivity (Wildman–Crippen MR) is 86.2 cm³/mol. The fraction of sp³-hybridized carbons (Fsp3) is 0.667. The van der Waals surface area contributed by atoms with Crippen molar-refractivity contribution in [3.05, 3.63) is 17.2 Å². The van der Waals surface area contributed by atoms with Gasteiger partial charge in [0.1, 0.15) is 11.9 Å². The minimum atomic E-state index is -0.0379. The third-order valence-corrected chi connectivity index (χ3v) is 6.95. The van der Waals surface area contributed by atoms with Crippen molar-refractivity contribution in [3.8, 4) is 17.2 Å². The van der Waals surface area contributed by atoms with Crippen molar-refractivity contribution in [2.45, 2.75) is 49.3 Å². The van der Waals surface area contributed by atoms with E-state index in [2.05, 4.69) is 11.9 Å². The number of phenolic OH excluding ortho intramolecular Hbond substituents is 1. The molecular formula is C18H24N2O3. The number of rotatable bonds is 1. The topological polar surface area (TPSA) is 68.0 Å². The Bertz CT molecular complexity index is 691. The van der Waals surface area contributed by atoms with Crippen LogP contribution in [-0.2, 0) is 11.8 Å². The zero-order chi connectivity index (χ0) is 15.9. The first-order valence-corrected chi connectivity index (χ1v) is 8.63. The Hall–Kier alpha value is -1.46. The molecule has 2 bridgehead atoms. The molecule has 0 aromatic heterocycles. The van der Waals surface area contributed by atoms with Gasteiger partial charge in [0.05, 0.1) is 7.11 Å². The van der Waals surface area contributed by atoms with Crippen molar-refractivity contribution >= 4 is 0 Å². The SMILES string of the molecule is COc1cc(O)c2c3c1C[C@@H]1[C@@H]4CC[C@@H](N)[C@H](O2)[C@]34CCN1C. The molecule has 2 fully saturated rings. The van der Waals surface area contributed by atoms with Gasteiger partial charge < -0.3 is 25.2 Å². The number of likely N-dealkylation sites (tertiary alicyclic amines) is 1. The molecule has 4 aliphatic rings. The van der Waals surface area contributed by atoms with E-state index in [1.807, 2.05) is 0 Å². The number of aromatic hydroxyl groups is 1. The van der Waals surface area contributed by atoms with Gasteiger partial charge in [-0.05, 0) is 45.2 Å². The first kappa shape index (κ1) is 13.9. The molecule has 5 heteroatoms. The van der Waals surface area contributed by atoms with E-state index in [4.69, 9.17) is 15.2 Å². The second kappa shape index (κ2) is 4.33. The minimum absolute atomic E-state index is 0.00972. The molecule has 1 saturated heterocycles. The third kappa shape index (κ3) is 1.46. The van der Waals surface area contributed by atoms with Gasteiger partial charge in [-0.15, -0.1) is 0 Å². The Kier molecular flexibility index (Phi) is 2.63. The average Bonchev–Trinajstić information content (AvgIpc) is 2.89. The number of piperidine rings is 1. The van der Waals surface area contributed by atoms with Crippen molar-refractivity contribution in [1.82, 2.24) is 4.90 Å². The van der Waals surface area contributed by atoms with E-state index in [1.165, 1.54) is 11.1 Å². The van der Waals surface area contributed by atoms with Crippen LogP contribution in [0.15, 0.2) is 6.07 Å². The standard InChI is InChI=1S/C18H24N2O3/c1-20-6-5-18-10-3-4-11(19)17(18)23-16-13(21)8-14(22-2)9(15(16)18)7-12(10)20/h8,10-12,17,21H,3-7,19H2,1-2H3/t10-,11+,12+,17-,18-/m0/s1. The highest BCUT2D eigenvalue weighted by Crippen LogP contribution is 2.64. The summed E-state index contributed by atoms with van der Waals surface area (Å²) in [5.41, 5.74) is 8.87. The fourth-order valence-electron chi connectivity index (χ4n) is 6.01. The van der Waals surface area contributed by atoms with Gasteiger partial charge in [0, 0.05) is 34.7 Å². The number of methoxy groups -OCH3 is 1. The van der Waals surface area contributed by atoms with Crippen LogP contribution in [-0.4, -0.2) is 48.9 Å². The van der Waals surface area contributed by atoms with Crippen molar-refractivity contribution in [3.63, 3.8) is 0 Å². The smallest absolute Gasteiger partial charge is 0.165 e. The highest BCUT2D eigenvalue weighted by molar-refractivity contribution is 5.65. The molecule has 1 aromatic carbocycles. The highest BCUT2D eigenvalue weighted by atomic mass is 16.5. The largest absolute Gasteiger partial charge is 0.504 e. The summed E-state index contributed by atoms with van der Waals surface area (Å²) in [7, 11) is 3.91. The normalized spacial score (nSPS) is 40.5. The molecule has 23 heavy (non-hydrogen) atoms. The average molecular weight is 316 g/mol. The predicted octanol–water partition coefficient (Wildman–Crippen LogP) is 1.40. The van der Waals surface area contributed by atoms with Crippen LogP contribution >= 0.6 is 0 Å². The summed E-state index contributed by atoms with van der Waals surface area (Å²) in [6, 6.07) is 2.27. The summed E-state index contributed by atoms with van der Waals surface area (Å²) >= 11 is 0. The first-order valence-electron chi connectivity index (χ1n) is 8.63. The van der Waals surface area contributed by atoms with E-state index in [0.29, 0.717) is 17.7 Å². The van der Waals surface area contributed by atoms with Crippen LogP contribution in [0.5, 0.6) is 17.2 Å². The minimum Gasteiger partial charge on any atom is -0.504 e. The summed E-state index contributed by atoms with van der Waals surface area (Å²) in [5.74, 6) is 2.23. The zero-order valence-corrected chi connectivity index (χ0v) is 13.7. The van der Waals surface area contributed by atoms with Gasteiger partial charge in [-0.2, -0.15) is 0 Å². The summed E-state index contributed by atoms with van der Waals surface area (Å²) in [5, 5.41) is 10.5. The Morgan fingerprint density at radius 2 is 2.26 bits per heavy atom. The summed E-state index contributed by atoms with van der Waals surface area (Å²) < 4.78 is 11.9. The maximum atomic E-state index is 10.5. The van der Waals surface area contributed by atoms with Crippen molar-refractivity contribution in [2.24, 2.45) is 11.7 Å². The lowest BCUT2D eigenvalue weighted by molar-refractivity contribution is -0.0513. The summed E-state index contributed by atoms with van der Waals surface area (Å²) in [6.45, 7) is 1.06. The molecule has 2 aliphatic carbocycles. The molecule has 3 N–H and O–H groups in total. The fourth-order valence-corrected chi connectivity index (χ4v) is 6.01. The van der Waals surface area contributed by atoms with E-state index in [-0.39, 0.29) is 23.3 Å². The van der Waals surface area contributed by atoms with Gasteiger partial charge in [-0.25, -0.2) is 0 Å². The molecule has 1 saturated carbocycles. The lowest BCUT2D eigenvalue weighted by Gasteiger charge is -2.58. The van der Waals surface area contributed by atoms with E-state index >= 15 is 0 Å². The van der Waals surface area contributed by atoms with Gasteiger partial charge in [-0.3, -0.25) is 0 Å². The number of nitrogens with zero attached hydrogens (tertiary/aromatic N) is 1. The number of hydrogen-bond acceptors (Lipinski definition) is 5. The summed E-state index contributed by atoms with van der Waals surface area (Å²) in [6.07, 6.45) is 4.16. The molecule has 5 nitrogen and oxygen atoms in total. The molecule has 1 spiro atoms. The molecule has 0 unspecified atom stereocenters. The molecule has 0 amide bonds. The van der Waals surface area contributed by atoms with Crippen LogP contribution in [0, 0.1) is 5.92 Å². The second-order valence-corrected chi connectivity index (χ2v) is 7.71. The number of hydrogen-bond donors (Lipinski definition) is 2. The molecule has 0 radical (unpaired) electrons. The lowest BCUT2D eigenvalue weighted by Crippen LogP contribution is -2.67. The number of phenols is 1. The van der Waals surface area contributed by atoms with E-state index < -0.39 is 0 Å². The van der Waals surface area contributed by atoms with Crippen molar-refractivity contribution in [2.75, 3.05) is 20.7 Å². The highest BCUT2D eigenvalue weighted by Gasteiger charge is 2.65. The number of ether oxygens (including phenoxy) is 2. The lowest BCUT2D eigenvalue weighted by atomic mass is 9.51. The number of nitrogens with two attached hydrogens (primary N) is 1. The summed E-state index contributed by atoms with van der Waals surface area (Å²) in [4.78, 5) is 2.50. The van der Waals surface area contributed by atoms with Gasteiger partial charge in [0.15, 0.2) is 11.5 Å². The first-order chi connectivity index (χ1) is 11.1.